The molecule has 1 aromatic heterocycles. The number of aryl methyl sites for hydroxylation is 3. The van der Waals surface area contributed by atoms with Crippen molar-refractivity contribution in [2.75, 3.05) is 11.1 Å². The van der Waals surface area contributed by atoms with Gasteiger partial charge in [-0.1, -0.05) is 41.1 Å². The van der Waals surface area contributed by atoms with Gasteiger partial charge in [0.05, 0.1) is 16.8 Å². The molecule has 124 valence electrons. The van der Waals surface area contributed by atoms with Crippen molar-refractivity contribution in [2.45, 2.75) is 25.9 Å². The summed E-state index contributed by atoms with van der Waals surface area (Å²) in [5.74, 6) is 0.244. The van der Waals surface area contributed by atoms with E-state index in [1.165, 1.54) is 17.3 Å². The molecule has 3 aromatic rings. The summed E-state index contributed by atoms with van der Waals surface area (Å²) >= 11 is 7.34. The molecule has 0 aliphatic rings. The molecule has 6 heteroatoms. The van der Waals surface area contributed by atoms with Crippen LogP contribution in [0.2, 0.25) is 5.02 Å². The topological polar surface area (TPSA) is 57.8 Å². The number of halogens is 1. The van der Waals surface area contributed by atoms with Gasteiger partial charge in [-0.05, 0) is 50.1 Å². The number of amides is 1. The van der Waals surface area contributed by atoms with Crippen molar-refractivity contribution in [3.05, 3.63) is 52.0 Å². The number of nitrogens with zero attached hydrogens (tertiary/aromatic N) is 1. The van der Waals surface area contributed by atoms with E-state index in [4.69, 9.17) is 11.6 Å². The predicted octanol–water partition coefficient (Wildman–Crippen LogP) is 4.87. The molecule has 0 aliphatic heterocycles. The normalized spacial score (nSPS) is 11.0. The van der Waals surface area contributed by atoms with Gasteiger partial charge in [0.1, 0.15) is 0 Å². The molecule has 0 spiro atoms. The average molecular weight is 360 g/mol. The van der Waals surface area contributed by atoms with E-state index in [1.807, 2.05) is 26.0 Å². The fourth-order valence-electron chi connectivity index (χ4n) is 2.71. The molecule has 0 aliphatic carbocycles. The maximum absolute atomic E-state index is 12.2. The van der Waals surface area contributed by atoms with Gasteiger partial charge < -0.3 is 10.3 Å². The molecular formula is C18H18ClN3OS. The summed E-state index contributed by atoms with van der Waals surface area (Å²) in [6, 6.07) is 9.62. The van der Waals surface area contributed by atoms with Crippen LogP contribution >= 0.6 is 23.4 Å². The molecule has 0 unspecified atom stereocenters. The number of rotatable bonds is 4. The van der Waals surface area contributed by atoms with Crippen LogP contribution in [0.4, 0.5) is 5.69 Å². The Morgan fingerprint density at radius 3 is 2.62 bits per heavy atom. The van der Waals surface area contributed by atoms with Crippen molar-refractivity contribution in [1.29, 1.82) is 0 Å². The molecule has 0 fully saturated rings. The third kappa shape index (κ3) is 3.74. The number of carbonyl (C=O) groups excluding carboxylic acids is 1. The molecule has 0 atom stereocenters. The highest BCUT2D eigenvalue weighted by atomic mass is 35.5. The van der Waals surface area contributed by atoms with Crippen molar-refractivity contribution in [3.63, 3.8) is 0 Å². The number of carbonyl (C=O) groups is 1. The van der Waals surface area contributed by atoms with Crippen molar-refractivity contribution >= 4 is 46.0 Å². The summed E-state index contributed by atoms with van der Waals surface area (Å²) in [5, 5.41) is 4.36. The van der Waals surface area contributed by atoms with Crippen LogP contribution in [0.1, 0.15) is 16.7 Å². The smallest absolute Gasteiger partial charge is 0.234 e. The van der Waals surface area contributed by atoms with Crippen LogP contribution < -0.4 is 5.32 Å². The first-order valence-corrected chi connectivity index (χ1v) is 8.94. The van der Waals surface area contributed by atoms with Gasteiger partial charge in [0.25, 0.3) is 0 Å². The lowest BCUT2D eigenvalue weighted by molar-refractivity contribution is -0.113. The van der Waals surface area contributed by atoms with E-state index < -0.39 is 0 Å². The number of aromatic nitrogens is 2. The summed E-state index contributed by atoms with van der Waals surface area (Å²) in [5.41, 5.74) is 5.94. The number of nitrogens with one attached hydrogen (secondary N) is 2. The van der Waals surface area contributed by atoms with Crippen LogP contribution in [0.3, 0.4) is 0 Å². The molecule has 1 amide bonds. The lowest BCUT2D eigenvalue weighted by Gasteiger charge is -2.12. The van der Waals surface area contributed by atoms with Crippen molar-refractivity contribution in [1.82, 2.24) is 9.97 Å². The average Bonchev–Trinajstić information content (AvgIpc) is 2.90. The maximum Gasteiger partial charge on any atom is 0.234 e. The zero-order valence-electron chi connectivity index (χ0n) is 13.7. The SMILES string of the molecule is Cc1cc(C)c(NC(=O)CSc2nc3ccc(Cl)cc3[nH]2)c(C)c1. The van der Waals surface area contributed by atoms with E-state index in [0.717, 1.165) is 27.8 Å². The van der Waals surface area contributed by atoms with Crippen LogP contribution in [-0.2, 0) is 4.79 Å². The highest BCUT2D eigenvalue weighted by molar-refractivity contribution is 7.99. The third-order valence-corrected chi connectivity index (χ3v) is 4.81. The van der Waals surface area contributed by atoms with E-state index in [0.29, 0.717) is 15.9 Å². The minimum absolute atomic E-state index is 0.0476. The summed E-state index contributed by atoms with van der Waals surface area (Å²) in [6.07, 6.45) is 0. The van der Waals surface area contributed by atoms with Gasteiger partial charge in [-0.25, -0.2) is 4.98 Å². The van der Waals surface area contributed by atoms with Gasteiger partial charge in [-0.2, -0.15) is 0 Å². The second-order valence-electron chi connectivity index (χ2n) is 5.81. The van der Waals surface area contributed by atoms with E-state index >= 15 is 0 Å². The largest absolute Gasteiger partial charge is 0.333 e. The summed E-state index contributed by atoms with van der Waals surface area (Å²) in [4.78, 5) is 19.9. The summed E-state index contributed by atoms with van der Waals surface area (Å²) < 4.78 is 0. The van der Waals surface area contributed by atoms with Crippen LogP contribution in [0, 0.1) is 20.8 Å². The van der Waals surface area contributed by atoms with Gasteiger partial charge in [0, 0.05) is 10.7 Å². The molecule has 2 aromatic carbocycles. The number of fused-ring (bicyclic) bond motifs is 1. The molecule has 0 bridgehead atoms. The number of imidazole rings is 1. The molecule has 4 nitrogen and oxygen atoms in total. The third-order valence-electron chi connectivity index (χ3n) is 3.70. The van der Waals surface area contributed by atoms with Crippen molar-refractivity contribution < 1.29 is 4.79 Å². The first-order chi connectivity index (χ1) is 11.4. The van der Waals surface area contributed by atoms with Gasteiger partial charge in [-0.3, -0.25) is 4.79 Å². The minimum Gasteiger partial charge on any atom is -0.333 e. The highest BCUT2D eigenvalue weighted by Gasteiger charge is 2.10. The van der Waals surface area contributed by atoms with Gasteiger partial charge in [0.2, 0.25) is 5.91 Å². The Hall–Kier alpha value is -1.98. The van der Waals surface area contributed by atoms with Crippen LogP contribution in [0.5, 0.6) is 0 Å². The first kappa shape index (κ1) is 16.9. The molecule has 0 radical (unpaired) electrons. The Kier molecular flexibility index (Phi) is 4.83. The van der Waals surface area contributed by atoms with E-state index in [2.05, 4.69) is 34.3 Å². The second-order valence-corrected chi connectivity index (χ2v) is 7.21. The predicted molar refractivity (Wildman–Crippen MR) is 101 cm³/mol. The maximum atomic E-state index is 12.2. The van der Waals surface area contributed by atoms with E-state index in [1.54, 1.807) is 6.07 Å². The molecule has 2 N–H and O–H groups in total. The number of H-pyrrole nitrogens is 1. The van der Waals surface area contributed by atoms with Crippen LogP contribution in [-0.4, -0.2) is 21.6 Å². The number of benzene rings is 2. The molecule has 3 rings (SSSR count). The highest BCUT2D eigenvalue weighted by Crippen LogP contribution is 2.24. The standard InChI is InChI=1S/C18H18ClN3OS/c1-10-6-11(2)17(12(3)7-10)22-16(23)9-24-18-20-14-5-4-13(19)8-15(14)21-18/h4-8H,9H2,1-3H3,(H,20,21)(H,22,23). The number of hydrogen-bond donors (Lipinski definition) is 2. The van der Waals surface area contributed by atoms with Crippen LogP contribution in [0.25, 0.3) is 11.0 Å². The molecule has 0 saturated carbocycles. The molecule has 24 heavy (non-hydrogen) atoms. The Morgan fingerprint density at radius 1 is 1.21 bits per heavy atom. The Morgan fingerprint density at radius 2 is 1.92 bits per heavy atom. The fraction of sp³-hybridized carbons (Fsp3) is 0.222. The Balaban J connectivity index is 1.67. The van der Waals surface area contributed by atoms with Crippen molar-refractivity contribution in [3.8, 4) is 0 Å². The lowest BCUT2D eigenvalue weighted by Crippen LogP contribution is -2.16. The number of thioether (sulfide) groups is 1. The van der Waals surface area contributed by atoms with Crippen LogP contribution in [0.15, 0.2) is 35.5 Å². The van der Waals surface area contributed by atoms with E-state index in [9.17, 15) is 4.79 Å². The minimum atomic E-state index is -0.0476. The fourth-order valence-corrected chi connectivity index (χ4v) is 3.57. The molecular weight excluding hydrogens is 342 g/mol. The number of hydrogen-bond acceptors (Lipinski definition) is 3. The van der Waals surface area contributed by atoms with Gasteiger partial charge in [0.15, 0.2) is 5.16 Å². The second kappa shape index (κ2) is 6.87. The lowest BCUT2D eigenvalue weighted by atomic mass is 10.1. The summed E-state index contributed by atoms with van der Waals surface area (Å²) in [6.45, 7) is 6.06. The van der Waals surface area contributed by atoms with Crippen molar-refractivity contribution in [2.24, 2.45) is 0 Å². The zero-order valence-corrected chi connectivity index (χ0v) is 15.3. The Bertz CT molecular complexity index is 897. The Labute approximate surface area is 150 Å². The number of aromatic amines is 1. The number of anilines is 1. The monoisotopic (exact) mass is 359 g/mol. The van der Waals surface area contributed by atoms with Gasteiger partial charge in [-0.15, -0.1) is 0 Å². The van der Waals surface area contributed by atoms with E-state index in [-0.39, 0.29) is 5.91 Å². The molecule has 0 saturated heterocycles. The van der Waals surface area contributed by atoms with Gasteiger partial charge >= 0.3 is 0 Å². The first-order valence-electron chi connectivity index (χ1n) is 7.58. The molecule has 1 heterocycles. The summed E-state index contributed by atoms with van der Waals surface area (Å²) in [7, 11) is 0. The zero-order chi connectivity index (χ0) is 17.3. The quantitative estimate of drug-likeness (QED) is 0.653.